The van der Waals surface area contributed by atoms with Crippen LogP contribution in [0.5, 0.6) is 0 Å². The van der Waals surface area contributed by atoms with Gasteiger partial charge in [0.2, 0.25) is 5.91 Å². The lowest BCUT2D eigenvalue weighted by Crippen LogP contribution is -2.60. The minimum absolute atomic E-state index is 0.0431. The predicted octanol–water partition coefficient (Wildman–Crippen LogP) is 10.7. The van der Waals surface area contributed by atoms with Gasteiger partial charge in [-0.15, -0.1) is 0 Å². The quantitative estimate of drug-likeness (QED) is 0.0149. The summed E-state index contributed by atoms with van der Waals surface area (Å²) >= 11 is 0. The molecule has 1 amide bonds. The highest BCUT2D eigenvalue weighted by Gasteiger charge is 2.44. The molecule has 1 aliphatic heterocycles. The Morgan fingerprint density at radius 2 is 1.09 bits per heavy atom. The second-order valence-corrected chi connectivity index (χ2v) is 17.9. The zero-order valence-corrected chi connectivity index (χ0v) is 40.9. The Kier molecular flexibility index (Phi) is 40.8. The zero-order valence-electron chi connectivity index (χ0n) is 40.9. The minimum Gasteiger partial charge on any atom is -0.466 e. The average molecular weight is 918 g/mol. The van der Waals surface area contributed by atoms with Crippen molar-refractivity contribution in [2.75, 3.05) is 19.8 Å². The van der Waals surface area contributed by atoms with Crippen LogP contribution in [0, 0.1) is 0 Å². The summed E-state index contributed by atoms with van der Waals surface area (Å²) in [6.07, 6.45) is 44.6. The van der Waals surface area contributed by atoms with E-state index in [9.17, 15) is 35.1 Å². The molecule has 0 radical (unpaired) electrons. The van der Waals surface area contributed by atoms with E-state index >= 15 is 0 Å². The monoisotopic (exact) mass is 918 g/mol. The van der Waals surface area contributed by atoms with Gasteiger partial charge in [0.25, 0.3) is 0 Å². The van der Waals surface area contributed by atoms with E-state index in [4.69, 9.17) is 14.2 Å². The Morgan fingerprint density at radius 1 is 0.585 bits per heavy atom. The number of amides is 1. The van der Waals surface area contributed by atoms with E-state index in [1.165, 1.54) is 64.2 Å². The van der Waals surface area contributed by atoms with E-state index in [1.54, 1.807) is 6.08 Å². The number of esters is 1. The van der Waals surface area contributed by atoms with Crippen LogP contribution in [0.25, 0.3) is 0 Å². The van der Waals surface area contributed by atoms with E-state index in [0.29, 0.717) is 32.3 Å². The van der Waals surface area contributed by atoms with Crippen molar-refractivity contribution in [2.24, 2.45) is 0 Å². The van der Waals surface area contributed by atoms with Crippen molar-refractivity contribution in [1.29, 1.82) is 0 Å². The Hall–Kier alpha value is -2.64. The van der Waals surface area contributed by atoms with Crippen LogP contribution in [0.4, 0.5) is 0 Å². The number of aliphatic hydroxyl groups is 5. The average Bonchev–Trinajstić information content (AvgIpc) is 3.30. The molecule has 1 fully saturated rings. The van der Waals surface area contributed by atoms with Gasteiger partial charge in [0, 0.05) is 12.8 Å². The third-order valence-electron chi connectivity index (χ3n) is 11.9. The van der Waals surface area contributed by atoms with Crippen LogP contribution in [0.1, 0.15) is 206 Å². The lowest BCUT2D eigenvalue weighted by atomic mass is 9.99. The number of unbranched alkanes of at least 4 members (excludes halogenated alkanes) is 22. The summed E-state index contributed by atoms with van der Waals surface area (Å²) in [5.41, 5.74) is 0. The van der Waals surface area contributed by atoms with Gasteiger partial charge in [0.15, 0.2) is 6.29 Å². The molecular weight excluding hydrogens is 823 g/mol. The molecule has 0 aromatic carbocycles. The molecule has 65 heavy (non-hydrogen) atoms. The lowest BCUT2D eigenvalue weighted by molar-refractivity contribution is -0.302. The topological polar surface area (TPSA) is 175 Å². The predicted molar refractivity (Wildman–Crippen MR) is 264 cm³/mol. The highest BCUT2D eigenvalue weighted by atomic mass is 16.7. The van der Waals surface area contributed by atoms with Crippen molar-refractivity contribution >= 4 is 11.9 Å². The third-order valence-corrected chi connectivity index (χ3v) is 11.9. The van der Waals surface area contributed by atoms with Gasteiger partial charge in [-0.1, -0.05) is 171 Å². The van der Waals surface area contributed by atoms with Crippen molar-refractivity contribution < 1.29 is 49.3 Å². The molecule has 1 heterocycles. The molecule has 0 bridgehead atoms. The fourth-order valence-electron chi connectivity index (χ4n) is 7.70. The van der Waals surface area contributed by atoms with Gasteiger partial charge in [0.1, 0.15) is 24.4 Å². The van der Waals surface area contributed by atoms with Gasteiger partial charge in [0.05, 0.1) is 32.0 Å². The van der Waals surface area contributed by atoms with Crippen LogP contribution in [0.15, 0.2) is 60.8 Å². The molecule has 1 saturated heterocycles. The smallest absolute Gasteiger partial charge is 0.305 e. The number of carbonyl (C=O) groups excluding carboxylic acids is 2. The number of carbonyl (C=O) groups is 2. The summed E-state index contributed by atoms with van der Waals surface area (Å²) in [6, 6.07) is -0.850. The molecule has 0 spiro atoms. The molecule has 0 aromatic heterocycles. The summed E-state index contributed by atoms with van der Waals surface area (Å²) in [4.78, 5) is 25.0. The van der Waals surface area contributed by atoms with E-state index < -0.39 is 49.5 Å². The number of aliphatic hydroxyl groups excluding tert-OH is 5. The Bertz CT molecular complexity index is 1270. The maximum absolute atomic E-state index is 13.0. The van der Waals surface area contributed by atoms with E-state index in [2.05, 4.69) is 67.8 Å². The van der Waals surface area contributed by atoms with Crippen molar-refractivity contribution in [3.8, 4) is 0 Å². The van der Waals surface area contributed by atoms with Crippen LogP contribution in [0.3, 0.4) is 0 Å². The molecule has 7 unspecified atom stereocenters. The van der Waals surface area contributed by atoms with Crippen LogP contribution in [-0.4, -0.2) is 100 Å². The van der Waals surface area contributed by atoms with Crippen molar-refractivity contribution in [2.45, 2.75) is 249 Å². The first-order valence-electron chi connectivity index (χ1n) is 26.1. The first-order valence-corrected chi connectivity index (χ1v) is 26.1. The van der Waals surface area contributed by atoms with Gasteiger partial charge in [-0.3, -0.25) is 9.59 Å². The second-order valence-electron chi connectivity index (χ2n) is 17.9. The summed E-state index contributed by atoms with van der Waals surface area (Å²) in [5, 5.41) is 54.1. The van der Waals surface area contributed by atoms with E-state index in [-0.39, 0.29) is 18.5 Å². The highest BCUT2D eigenvalue weighted by Crippen LogP contribution is 2.22. The molecule has 376 valence electrons. The summed E-state index contributed by atoms with van der Waals surface area (Å²) in [6.45, 7) is 4.10. The van der Waals surface area contributed by atoms with Crippen LogP contribution >= 0.6 is 0 Å². The van der Waals surface area contributed by atoms with Crippen molar-refractivity contribution in [3.63, 3.8) is 0 Å². The van der Waals surface area contributed by atoms with Crippen LogP contribution in [-0.2, 0) is 23.8 Å². The van der Waals surface area contributed by atoms with Gasteiger partial charge >= 0.3 is 5.97 Å². The number of ether oxygens (including phenoxy) is 3. The van der Waals surface area contributed by atoms with Crippen LogP contribution < -0.4 is 5.32 Å². The molecule has 11 heteroatoms. The lowest BCUT2D eigenvalue weighted by Gasteiger charge is -2.40. The highest BCUT2D eigenvalue weighted by molar-refractivity contribution is 5.76. The summed E-state index contributed by atoms with van der Waals surface area (Å²) < 4.78 is 16.6. The molecule has 6 N–H and O–H groups in total. The molecule has 0 aliphatic carbocycles. The molecular formula is C54H95NO10. The maximum atomic E-state index is 13.0. The Morgan fingerprint density at radius 3 is 1.66 bits per heavy atom. The van der Waals surface area contributed by atoms with E-state index in [1.807, 2.05) is 6.08 Å². The minimum atomic E-state index is -1.59. The Labute approximate surface area is 395 Å². The maximum Gasteiger partial charge on any atom is 0.305 e. The van der Waals surface area contributed by atoms with Crippen molar-refractivity contribution in [1.82, 2.24) is 5.32 Å². The van der Waals surface area contributed by atoms with Gasteiger partial charge in [-0.2, -0.15) is 0 Å². The fourth-order valence-corrected chi connectivity index (χ4v) is 7.70. The van der Waals surface area contributed by atoms with Crippen molar-refractivity contribution in [3.05, 3.63) is 60.8 Å². The van der Waals surface area contributed by atoms with Gasteiger partial charge < -0.3 is 45.1 Å². The fraction of sp³-hybridized carbons (Fsp3) is 0.778. The number of hydrogen-bond acceptors (Lipinski definition) is 10. The molecule has 1 rings (SSSR count). The number of hydrogen-bond donors (Lipinski definition) is 6. The molecule has 7 atom stereocenters. The summed E-state index contributed by atoms with van der Waals surface area (Å²) in [7, 11) is 0. The molecule has 1 aliphatic rings. The van der Waals surface area contributed by atoms with E-state index in [0.717, 1.165) is 103 Å². The largest absolute Gasteiger partial charge is 0.466 e. The first kappa shape index (κ1) is 60.4. The first-order chi connectivity index (χ1) is 31.7. The number of rotatable bonds is 43. The SMILES string of the molecule is CC/C=C/CC/C=C/CC/C=C/C(O)C(COC1OC(CO)C(O)C(O)C1O)NC(=O)CCCCCCCC/C=C\C=C/CCCCCOC(=O)CCCCCCCCCCCCCC. The number of nitrogens with one attached hydrogen (secondary N) is 1. The zero-order chi connectivity index (χ0) is 47.4. The molecule has 11 nitrogen and oxygen atoms in total. The van der Waals surface area contributed by atoms with Gasteiger partial charge in [-0.25, -0.2) is 0 Å². The molecule has 0 aromatic rings. The third kappa shape index (κ3) is 34.3. The van der Waals surface area contributed by atoms with Gasteiger partial charge in [-0.05, 0) is 83.5 Å². The second kappa shape index (κ2) is 43.9. The normalized spacial score (nSPS) is 20.3. The molecule has 0 saturated carbocycles. The number of allylic oxidation sites excluding steroid dienone is 9. The van der Waals surface area contributed by atoms with Crippen LogP contribution in [0.2, 0.25) is 0 Å². The Balaban J connectivity index is 2.18. The summed E-state index contributed by atoms with van der Waals surface area (Å²) in [5.74, 6) is -0.266. The standard InChI is InChI=1S/C54H95NO10/c1-3-5-7-9-11-13-15-22-26-30-34-38-42-50(59)63-43-39-35-31-27-23-20-18-16-17-19-21-25-29-33-37-41-49(58)55-46(45-64-54-53(62)52(61)51(60)48(44-56)65-54)47(57)40-36-32-28-24-14-12-10-8-6-4-2/h6,8,14,16,18,20,23-24,36,40,46-48,51-54,56-57,60-62H,3-5,7,9-13,15,17,19,21-22,25-35,37-39,41-45H2,1-2H3,(H,55,58)/b8-6+,18-16-,23-20-,24-14+,40-36+.